The summed E-state index contributed by atoms with van der Waals surface area (Å²) in [5.74, 6) is 0. The first-order chi connectivity index (χ1) is 51.1. The molecule has 7 heteroatoms. The lowest BCUT2D eigenvalue weighted by Crippen LogP contribution is -2.76. The van der Waals surface area contributed by atoms with Crippen LogP contribution >= 0.6 is 0 Å². The van der Waals surface area contributed by atoms with Gasteiger partial charge >= 0.3 is 0 Å². The quantitative estimate of drug-likeness (QED) is 0.0749. The minimum Gasteiger partial charge on any atom is -0.311 e. The van der Waals surface area contributed by atoms with Gasteiger partial charge in [0, 0.05) is 44.9 Å². The van der Waals surface area contributed by atoms with Crippen LogP contribution in [0.15, 0.2) is 425 Å². The fourth-order valence-electron chi connectivity index (χ4n) is 18.0. The predicted octanol–water partition coefficient (Wildman–Crippen LogP) is 13.0. The molecule has 0 bridgehead atoms. The molecule has 3 heterocycles. The van der Waals surface area contributed by atoms with Gasteiger partial charge in [0.25, 0.3) is 6.71 Å². The molecule has 2 aliphatic heterocycles. The average Bonchev–Trinajstić information content (AvgIpc) is 1.04. The Labute approximate surface area is 605 Å². The van der Waals surface area contributed by atoms with E-state index in [9.17, 15) is 0 Å². The Kier molecular flexibility index (Phi) is 15.4. The fourth-order valence-corrected chi connectivity index (χ4v) is 32.3. The number of hydrogen-bond acceptors (Lipinski definition) is 2. The van der Waals surface area contributed by atoms with E-state index in [4.69, 9.17) is 0 Å². The number of fused-ring (bicyclic) bond motifs is 7. The maximum absolute atomic E-state index is 3.18. The van der Waals surface area contributed by atoms with Crippen LogP contribution in [0.3, 0.4) is 0 Å². The van der Waals surface area contributed by atoms with Gasteiger partial charge in [-0.15, -0.1) is 0 Å². The number of nitrogens with zero attached hydrogens (tertiary/aromatic N) is 3. The lowest BCUT2D eigenvalue weighted by Gasteiger charge is -2.46. The molecule has 1 aromatic heterocycles. The van der Waals surface area contributed by atoms with Crippen LogP contribution in [0.2, 0.25) is 0 Å². The number of anilines is 6. The topological polar surface area (TPSA) is 11.4 Å². The molecule has 3 nitrogen and oxygen atoms in total. The average molecular weight is 1360 g/mol. The number of benzene rings is 16. The Morgan fingerprint density at radius 3 is 0.777 bits per heavy atom. The molecule has 0 aliphatic carbocycles. The molecule has 0 fully saturated rings. The summed E-state index contributed by atoms with van der Waals surface area (Å²) in [5.41, 5.74) is 13.9. The van der Waals surface area contributed by atoms with Crippen molar-refractivity contribution in [3.05, 3.63) is 425 Å². The van der Waals surface area contributed by atoms with E-state index in [1.807, 2.05) is 0 Å². The molecule has 16 aromatic carbocycles. The molecule has 484 valence electrons. The monoisotopic (exact) mass is 1360 g/mol. The van der Waals surface area contributed by atoms with Crippen LogP contribution in [-0.4, -0.2) is 35.5 Å². The second kappa shape index (κ2) is 25.7. The third kappa shape index (κ3) is 9.76. The molecule has 0 atom stereocenters. The molecule has 0 unspecified atom stereocenters. The first-order valence-corrected chi connectivity index (χ1v) is 41.8. The van der Waals surface area contributed by atoms with E-state index < -0.39 is 24.2 Å². The number of rotatable bonds is 15. The van der Waals surface area contributed by atoms with Crippen LogP contribution in [0.4, 0.5) is 34.1 Å². The number of para-hydroxylation sites is 3. The van der Waals surface area contributed by atoms with Crippen LogP contribution in [0.1, 0.15) is 0 Å². The Hall–Kier alpha value is -12.4. The van der Waals surface area contributed by atoms with Gasteiger partial charge in [-0.3, -0.25) is 0 Å². The van der Waals surface area contributed by atoms with E-state index in [2.05, 4.69) is 439 Å². The van der Waals surface area contributed by atoms with Crippen molar-refractivity contribution in [2.24, 2.45) is 0 Å². The summed E-state index contributed by atoms with van der Waals surface area (Å²) in [6.45, 7) is -0.282. The van der Waals surface area contributed by atoms with E-state index in [0.717, 1.165) is 50.8 Å². The maximum atomic E-state index is 2.70. The largest absolute Gasteiger partial charge is 0.311 e. The summed E-state index contributed by atoms with van der Waals surface area (Å²) in [4.78, 5) is 5.29. The summed E-state index contributed by atoms with van der Waals surface area (Å²) in [7, 11) is -9.43. The summed E-state index contributed by atoms with van der Waals surface area (Å²) >= 11 is 0. The zero-order valence-electron chi connectivity index (χ0n) is 56.8. The van der Waals surface area contributed by atoms with Gasteiger partial charge in [0.15, 0.2) is 24.2 Å². The SMILES string of the molecule is c1ccc(N2c3ccc([Si](c4ccccc4)(c4ccccc4)c4ccccc4)cc3B3c4cc([Si](c5ccccc5)(c5ccccc5)c5ccccc5)ccc4N(c4cccc([Si](c5ccccc5)(c5ccccc5)c5ccccc5)c4)c4cc(-n5c6ccccc6c6ccccc65)cc2c43)cc1. The highest BCUT2D eigenvalue weighted by molar-refractivity contribution is 7.21. The molecule has 0 radical (unpaired) electrons. The van der Waals surface area contributed by atoms with Gasteiger partial charge in [0.2, 0.25) is 0 Å². The second-order valence-corrected chi connectivity index (χ2v) is 38.8. The highest BCUT2D eigenvalue weighted by atomic mass is 28.3. The number of aromatic nitrogens is 1. The first kappa shape index (κ1) is 61.7. The van der Waals surface area contributed by atoms with Crippen molar-refractivity contribution in [2.45, 2.75) is 0 Å². The van der Waals surface area contributed by atoms with E-state index in [1.165, 1.54) is 89.4 Å². The van der Waals surface area contributed by atoms with Crippen molar-refractivity contribution in [1.29, 1.82) is 0 Å². The Morgan fingerprint density at radius 1 is 0.184 bits per heavy atom. The molecule has 0 saturated carbocycles. The second-order valence-electron chi connectivity index (χ2n) is 27.3. The lowest BCUT2D eigenvalue weighted by molar-refractivity contribution is 1.16. The summed E-state index contributed by atoms with van der Waals surface area (Å²) in [6.07, 6.45) is 0. The van der Waals surface area contributed by atoms with Gasteiger partial charge in [-0.2, -0.15) is 0 Å². The minimum absolute atomic E-state index is 0.282. The molecule has 0 saturated heterocycles. The first-order valence-electron chi connectivity index (χ1n) is 35.8. The van der Waals surface area contributed by atoms with Gasteiger partial charge in [0.1, 0.15) is 0 Å². The van der Waals surface area contributed by atoms with Crippen molar-refractivity contribution in [3.8, 4) is 5.69 Å². The van der Waals surface area contributed by atoms with E-state index >= 15 is 0 Å². The van der Waals surface area contributed by atoms with Crippen molar-refractivity contribution < 1.29 is 0 Å². The Bertz CT molecular complexity index is 5590. The summed E-state index contributed by atoms with van der Waals surface area (Å²) in [6, 6.07) is 162. The van der Waals surface area contributed by atoms with Gasteiger partial charge in [-0.1, -0.05) is 364 Å². The minimum atomic E-state index is -3.18. The van der Waals surface area contributed by atoms with Crippen molar-refractivity contribution in [3.63, 3.8) is 0 Å². The molecule has 17 aromatic rings. The van der Waals surface area contributed by atoms with Gasteiger partial charge < -0.3 is 14.4 Å². The molecule has 0 N–H and O–H groups in total. The van der Waals surface area contributed by atoms with Crippen LogP contribution in [0, 0.1) is 0 Å². The fraction of sp³-hybridized carbons (Fsp3) is 0. The molecule has 103 heavy (non-hydrogen) atoms. The predicted molar refractivity (Wildman–Crippen MR) is 446 cm³/mol. The third-order valence-corrected chi connectivity index (χ3v) is 36.5. The highest BCUT2D eigenvalue weighted by Crippen LogP contribution is 2.46. The Morgan fingerprint density at radius 2 is 0.447 bits per heavy atom. The summed E-state index contributed by atoms with van der Waals surface area (Å²) in [5, 5.41) is 18.4. The van der Waals surface area contributed by atoms with Gasteiger partial charge in [-0.05, 0) is 139 Å². The van der Waals surface area contributed by atoms with E-state index in [0.29, 0.717) is 0 Å². The molecule has 2 aliphatic rings. The highest BCUT2D eigenvalue weighted by Gasteiger charge is 2.50. The maximum Gasteiger partial charge on any atom is 0.252 e. The summed E-state index contributed by atoms with van der Waals surface area (Å²) < 4.78 is 2.53. The standard InChI is InChI=1S/C96H70BN3Si3/c1-11-36-71(37-12-1)98-92-64-62-84(102(77-45-19-5-20-46-77,78-47-21-6-22-48-78)79-49-23-7-24-50-79)69-88(92)97-89-70-85(103(80-51-25-8-26-52-80,81-53-27-9-28-54-81)82-55-29-10-30-56-82)63-65-93(89)99(95-68-73(67-94(98)96(95)97)100-90-60-33-31-58-86(90)87-59-32-34-61-91(87)100)72-38-35-57-83(66-72)101(74-39-13-2-14-40-74,75-41-15-3-16-42-75)76-43-17-4-18-44-76/h1-70H. The third-order valence-electron chi connectivity index (χ3n) is 22.2. The Balaban J connectivity index is 0.985. The molecule has 19 rings (SSSR count). The van der Waals surface area contributed by atoms with Gasteiger partial charge in [0.05, 0.1) is 16.7 Å². The molecular weight excluding hydrogens is 1290 g/mol. The van der Waals surface area contributed by atoms with E-state index in [1.54, 1.807) is 0 Å². The molecule has 0 spiro atoms. The normalized spacial score (nSPS) is 12.6. The lowest BCUT2D eigenvalue weighted by atomic mass is 9.33. The van der Waals surface area contributed by atoms with Crippen LogP contribution in [0.25, 0.3) is 27.5 Å². The smallest absolute Gasteiger partial charge is 0.252 e. The zero-order valence-corrected chi connectivity index (χ0v) is 59.8. The van der Waals surface area contributed by atoms with Crippen LogP contribution in [-0.2, 0) is 0 Å². The number of hydrogen-bond donors (Lipinski definition) is 0. The van der Waals surface area contributed by atoms with Crippen molar-refractivity contribution in [1.82, 2.24) is 4.57 Å². The van der Waals surface area contributed by atoms with Crippen LogP contribution in [0.5, 0.6) is 0 Å². The molecule has 0 amide bonds. The van der Waals surface area contributed by atoms with Crippen molar-refractivity contribution in [2.75, 3.05) is 9.80 Å². The van der Waals surface area contributed by atoms with E-state index in [-0.39, 0.29) is 6.71 Å². The van der Waals surface area contributed by atoms with Crippen LogP contribution < -0.4 is 88.4 Å². The molecular formula is C96H70BN3Si3. The van der Waals surface area contributed by atoms with Crippen molar-refractivity contribution >= 4 is 165 Å². The van der Waals surface area contributed by atoms with Gasteiger partial charge in [-0.25, -0.2) is 0 Å². The zero-order chi connectivity index (χ0) is 68.3.